The molecule has 0 aliphatic rings. The molecule has 9 nitrogen and oxygen atoms in total. The van der Waals surface area contributed by atoms with E-state index in [1.54, 1.807) is 18.8 Å². The number of hydrogen-bond acceptors (Lipinski definition) is 7. The van der Waals surface area contributed by atoms with E-state index in [9.17, 15) is 23.1 Å². The maximum absolute atomic E-state index is 11.9. The molecule has 22 heavy (non-hydrogen) atoms. The maximum Gasteiger partial charge on any atom is 0.264 e. The molecule has 1 rings (SSSR count). The number of rotatable bonds is 7. The van der Waals surface area contributed by atoms with Crippen LogP contribution in [0, 0.1) is 0 Å². The van der Waals surface area contributed by atoms with E-state index in [0.717, 1.165) is 0 Å². The molecule has 0 saturated carbocycles. The summed E-state index contributed by atoms with van der Waals surface area (Å²) in [7, 11) is -0.681. The van der Waals surface area contributed by atoms with Gasteiger partial charge in [0, 0.05) is 26.5 Å². The number of carboxylic acids is 1. The molecule has 0 radical (unpaired) electrons. The standard InChI is InChI=1S/C12H16N4O5S/c1-16(2)15-13-9-3-5-10(6-4-9)22(20,21)14-11(17)7-8-12(18)19/h3-6H,7-8H2,1-2H3,(H,14,17)(H,18,19)/p-1. The largest absolute Gasteiger partial charge is 0.550 e. The fraction of sp³-hybridized carbons (Fsp3) is 0.333. The zero-order valence-corrected chi connectivity index (χ0v) is 12.8. The number of carbonyl (C=O) groups excluding carboxylic acids is 2. The van der Waals surface area contributed by atoms with Crippen molar-refractivity contribution in [3.8, 4) is 0 Å². The Labute approximate surface area is 127 Å². The number of nitrogens with zero attached hydrogens (tertiary/aromatic N) is 3. The second-order valence-electron chi connectivity index (χ2n) is 4.43. The van der Waals surface area contributed by atoms with Gasteiger partial charge in [-0.2, -0.15) is 0 Å². The van der Waals surface area contributed by atoms with Crippen molar-refractivity contribution in [3.05, 3.63) is 24.3 Å². The van der Waals surface area contributed by atoms with Crippen LogP contribution in [0.3, 0.4) is 0 Å². The van der Waals surface area contributed by atoms with Crippen LogP contribution in [0.1, 0.15) is 12.8 Å². The lowest BCUT2D eigenvalue weighted by Crippen LogP contribution is -2.32. The molecule has 0 bridgehead atoms. The van der Waals surface area contributed by atoms with Gasteiger partial charge in [0.15, 0.2) is 0 Å². The summed E-state index contributed by atoms with van der Waals surface area (Å²) in [6.45, 7) is 0. The van der Waals surface area contributed by atoms with Gasteiger partial charge in [0.1, 0.15) is 0 Å². The van der Waals surface area contributed by atoms with Gasteiger partial charge in [0.25, 0.3) is 10.0 Å². The Bertz CT molecular complexity index is 667. The van der Waals surface area contributed by atoms with Gasteiger partial charge >= 0.3 is 0 Å². The first-order valence-corrected chi connectivity index (χ1v) is 7.63. The lowest BCUT2D eigenvalue weighted by atomic mass is 10.3. The number of hydrogen-bond donors (Lipinski definition) is 1. The van der Waals surface area contributed by atoms with Crippen molar-refractivity contribution in [3.63, 3.8) is 0 Å². The number of aliphatic carboxylic acids is 1. The number of amides is 1. The molecular formula is C12H15N4O5S-. The van der Waals surface area contributed by atoms with Crippen molar-refractivity contribution in [2.24, 2.45) is 10.3 Å². The monoisotopic (exact) mass is 327 g/mol. The molecule has 0 spiro atoms. The predicted octanol–water partition coefficient (Wildman–Crippen LogP) is -0.418. The second kappa shape index (κ2) is 7.50. The summed E-state index contributed by atoms with van der Waals surface area (Å²) in [6.07, 6.45) is -1.03. The van der Waals surface area contributed by atoms with Crippen LogP contribution in [0.15, 0.2) is 39.5 Å². The fourth-order valence-corrected chi connectivity index (χ4v) is 2.32. The molecule has 120 valence electrons. The molecule has 0 atom stereocenters. The van der Waals surface area contributed by atoms with Crippen LogP contribution in [-0.4, -0.2) is 39.4 Å². The van der Waals surface area contributed by atoms with Crippen LogP contribution in [0.2, 0.25) is 0 Å². The first-order chi connectivity index (χ1) is 10.2. The Balaban J connectivity index is 2.77. The maximum atomic E-state index is 11.9. The zero-order chi connectivity index (χ0) is 16.8. The van der Waals surface area contributed by atoms with E-state index in [1.165, 1.54) is 29.3 Å². The van der Waals surface area contributed by atoms with E-state index < -0.39 is 34.7 Å². The van der Waals surface area contributed by atoms with E-state index in [2.05, 4.69) is 10.3 Å². The summed E-state index contributed by atoms with van der Waals surface area (Å²) < 4.78 is 25.6. The molecule has 1 amide bonds. The minimum atomic E-state index is -4.05. The van der Waals surface area contributed by atoms with E-state index in [0.29, 0.717) is 5.69 Å². The molecule has 1 N–H and O–H groups in total. The molecule has 0 aliphatic carbocycles. The number of carbonyl (C=O) groups is 2. The third kappa shape index (κ3) is 5.87. The number of sulfonamides is 1. The molecule has 0 saturated heterocycles. The molecular weight excluding hydrogens is 312 g/mol. The zero-order valence-electron chi connectivity index (χ0n) is 12.0. The molecule has 1 aromatic rings. The molecule has 0 heterocycles. The third-order valence-corrected chi connectivity index (χ3v) is 3.68. The van der Waals surface area contributed by atoms with Gasteiger partial charge < -0.3 is 9.90 Å². The molecule has 0 aromatic heterocycles. The fourth-order valence-electron chi connectivity index (χ4n) is 1.31. The van der Waals surface area contributed by atoms with Crippen molar-refractivity contribution < 1.29 is 23.1 Å². The van der Waals surface area contributed by atoms with Gasteiger partial charge in [-0.15, -0.1) is 5.11 Å². The highest BCUT2D eigenvalue weighted by atomic mass is 32.2. The van der Waals surface area contributed by atoms with Crippen molar-refractivity contribution in [1.82, 2.24) is 9.73 Å². The highest BCUT2D eigenvalue weighted by Crippen LogP contribution is 2.17. The van der Waals surface area contributed by atoms with Crippen molar-refractivity contribution in [1.29, 1.82) is 0 Å². The average molecular weight is 327 g/mol. The Morgan fingerprint density at radius 3 is 2.27 bits per heavy atom. The molecule has 10 heteroatoms. The van der Waals surface area contributed by atoms with E-state index in [4.69, 9.17) is 0 Å². The summed E-state index contributed by atoms with van der Waals surface area (Å²) in [5.74, 6) is -2.34. The smallest absolute Gasteiger partial charge is 0.264 e. The van der Waals surface area contributed by atoms with Crippen LogP contribution < -0.4 is 9.83 Å². The van der Waals surface area contributed by atoms with Gasteiger partial charge in [-0.05, 0) is 30.7 Å². The average Bonchev–Trinajstić information content (AvgIpc) is 2.43. The highest BCUT2D eigenvalue weighted by molar-refractivity contribution is 7.90. The normalized spacial score (nSPS) is 11.4. The first kappa shape index (κ1) is 17.6. The van der Waals surface area contributed by atoms with Crippen molar-refractivity contribution in [2.45, 2.75) is 17.7 Å². The summed E-state index contributed by atoms with van der Waals surface area (Å²) in [5, 5.41) is 19.3. The Morgan fingerprint density at radius 1 is 1.18 bits per heavy atom. The quantitative estimate of drug-likeness (QED) is 0.534. The number of carboxylic acid groups (broad SMARTS) is 1. The Morgan fingerprint density at radius 2 is 1.77 bits per heavy atom. The summed E-state index contributed by atoms with van der Waals surface area (Å²) in [4.78, 5) is 21.4. The topological polar surface area (TPSA) is 131 Å². The Hall–Kier alpha value is -2.49. The minimum absolute atomic E-state index is 0.141. The number of benzene rings is 1. The van der Waals surface area contributed by atoms with Crippen LogP contribution in [0.5, 0.6) is 0 Å². The third-order valence-electron chi connectivity index (χ3n) is 2.29. The summed E-state index contributed by atoms with van der Waals surface area (Å²) in [5.41, 5.74) is 0.441. The van der Waals surface area contributed by atoms with E-state index >= 15 is 0 Å². The van der Waals surface area contributed by atoms with Crippen molar-refractivity contribution in [2.75, 3.05) is 14.1 Å². The first-order valence-electron chi connectivity index (χ1n) is 6.15. The van der Waals surface area contributed by atoms with Gasteiger partial charge in [0.2, 0.25) is 5.91 Å². The van der Waals surface area contributed by atoms with Crippen LogP contribution in [0.25, 0.3) is 0 Å². The van der Waals surface area contributed by atoms with Crippen LogP contribution in [0.4, 0.5) is 5.69 Å². The molecule has 0 aliphatic heterocycles. The minimum Gasteiger partial charge on any atom is -0.550 e. The molecule has 1 aromatic carbocycles. The predicted molar refractivity (Wildman–Crippen MR) is 74.2 cm³/mol. The van der Waals surface area contributed by atoms with Gasteiger partial charge in [-0.25, -0.2) is 13.1 Å². The lowest BCUT2D eigenvalue weighted by molar-refractivity contribution is -0.305. The van der Waals surface area contributed by atoms with E-state index in [1.807, 2.05) is 0 Å². The van der Waals surface area contributed by atoms with Gasteiger partial charge in [-0.1, -0.05) is 5.22 Å². The van der Waals surface area contributed by atoms with Crippen LogP contribution in [-0.2, 0) is 19.6 Å². The van der Waals surface area contributed by atoms with Gasteiger partial charge in [0.05, 0.1) is 10.6 Å². The van der Waals surface area contributed by atoms with Crippen molar-refractivity contribution >= 4 is 27.6 Å². The second-order valence-corrected chi connectivity index (χ2v) is 6.11. The lowest BCUT2D eigenvalue weighted by Gasteiger charge is -2.07. The summed E-state index contributed by atoms with van der Waals surface area (Å²) >= 11 is 0. The van der Waals surface area contributed by atoms with Crippen LogP contribution >= 0.6 is 0 Å². The number of nitrogens with one attached hydrogen (secondary N) is 1. The summed E-state index contributed by atoms with van der Waals surface area (Å²) in [6, 6.07) is 5.37. The molecule has 0 fully saturated rings. The molecule has 0 unspecified atom stereocenters. The Kier molecular flexibility index (Phi) is 5.99. The van der Waals surface area contributed by atoms with Gasteiger partial charge in [-0.3, -0.25) is 9.80 Å². The SMILES string of the molecule is CN(C)N=Nc1ccc(S(=O)(=O)NC(=O)CCC(=O)[O-])cc1. The highest BCUT2D eigenvalue weighted by Gasteiger charge is 2.17. The van der Waals surface area contributed by atoms with E-state index in [-0.39, 0.29) is 4.90 Å².